The lowest BCUT2D eigenvalue weighted by Gasteiger charge is -2.26. The van der Waals surface area contributed by atoms with Gasteiger partial charge < -0.3 is 5.11 Å². The molecule has 1 aliphatic rings. The van der Waals surface area contributed by atoms with Gasteiger partial charge in [0.05, 0.1) is 6.10 Å². The smallest absolute Gasteiger partial charge is 0.237 e. The molecule has 0 spiro atoms. The molecule has 0 aromatic rings. The first-order chi connectivity index (χ1) is 7.67. The molecule has 0 radical (unpaired) electrons. The fourth-order valence-corrected chi connectivity index (χ4v) is 2.17. The van der Waals surface area contributed by atoms with Gasteiger partial charge >= 0.3 is 0 Å². The van der Waals surface area contributed by atoms with Gasteiger partial charge in [-0.25, -0.2) is 5.43 Å². The number of amides is 1. The molecule has 4 nitrogen and oxygen atoms in total. The van der Waals surface area contributed by atoms with E-state index < -0.39 is 0 Å². The summed E-state index contributed by atoms with van der Waals surface area (Å²) in [5.41, 5.74) is 5.82. The Morgan fingerprint density at radius 1 is 1.38 bits per heavy atom. The van der Waals surface area contributed by atoms with Crippen LogP contribution >= 0.6 is 0 Å². The van der Waals surface area contributed by atoms with Crippen LogP contribution in [0.3, 0.4) is 0 Å². The Morgan fingerprint density at radius 2 is 2.06 bits per heavy atom. The number of aliphatic hydroxyl groups is 1. The molecule has 1 unspecified atom stereocenters. The largest absolute Gasteiger partial charge is 0.393 e. The van der Waals surface area contributed by atoms with Gasteiger partial charge in [0, 0.05) is 12.0 Å². The lowest BCUT2D eigenvalue weighted by molar-refractivity contribution is -0.128. The van der Waals surface area contributed by atoms with E-state index in [0.717, 1.165) is 32.1 Å². The predicted molar refractivity (Wildman–Crippen MR) is 63.6 cm³/mol. The molecule has 1 rings (SSSR count). The molecule has 1 saturated carbocycles. The summed E-state index contributed by atoms with van der Waals surface area (Å²) in [5, 5.41) is 9.50. The summed E-state index contributed by atoms with van der Waals surface area (Å²) in [6.07, 6.45) is 5.00. The van der Waals surface area contributed by atoms with Crippen molar-refractivity contribution in [1.29, 1.82) is 0 Å². The highest BCUT2D eigenvalue weighted by molar-refractivity contribution is 5.78. The first-order valence-electron chi connectivity index (χ1n) is 6.40. The van der Waals surface area contributed by atoms with E-state index in [1.165, 1.54) is 0 Å². The number of hydrogen-bond donors (Lipinski definition) is 3. The zero-order valence-electron chi connectivity index (χ0n) is 10.3. The summed E-state index contributed by atoms with van der Waals surface area (Å²) < 4.78 is 0. The maximum atomic E-state index is 11.8. The first-order valence-corrected chi connectivity index (χ1v) is 6.40. The summed E-state index contributed by atoms with van der Waals surface area (Å²) in [4.78, 5) is 11.8. The minimum absolute atomic E-state index is 0.0226. The molecule has 0 saturated heterocycles. The van der Waals surface area contributed by atoms with Gasteiger partial charge in [-0.05, 0) is 32.1 Å². The maximum Gasteiger partial charge on any atom is 0.237 e. The monoisotopic (exact) mass is 228 g/mol. The number of nitrogens with one attached hydrogen (secondary N) is 2. The van der Waals surface area contributed by atoms with Gasteiger partial charge in [0.25, 0.3) is 0 Å². The number of rotatable bonds is 5. The Kier molecular flexibility index (Phi) is 5.77. The van der Waals surface area contributed by atoms with E-state index in [0.29, 0.717) is 12.5 Å². The van der Waals surface area contributed by atoms with Gasteiger partial charge in [0.1, 0.15) is 0 Å². The molecule has 0 aliphatic heterocycles. The highest BCUT2D eigenvalue weighted by Gasteiger charge is 2.26. The molecule has 16 heavy (non-hydrogen) atoms. The van der Waals surface area contributed by atoms with Crippen LogP contribution in [0, 0.1) is 5.92 Å². The normalized spacial score (nSPS) is 25.8. The van der Waals surface area contributed by atoms with Gasteiger partial charge in [0.2, 0.25) is 5.91 Å². The first kappa shape index (κ1) is 13.5. The molecule has 0 bridgehead atoms. The quantitative estimate of drug-likeness (QED) is 0.622. The molecular formula is C12H24N2O2. The second-order valence-corrected chi connectivity index (χ2v) is 4.66. The minimum Gasteiger partial charge on any atom is -0.393 e. The van der Waals surface area contributed by atoms with Crippen molar-refractivity contribution in [2.24, 2.45) is 5.92 Å². The van der Waals surface area contributed by atoms with Crippen molar-refractivity contribution in [3.8, 4) is 0 Å². The summed E-state index contributed by atoms with van der Waals surface area (Å²) >= 11 is 0. The van der Waals surface area contributed by atoms with Crippen LogP contribution in [-0.4, -0.2) is 23.2 Å². The van der Waals surface area contributed by atoms with Crippen molar-refractivity contribution in [3.63, 3.8) is 0 Å². The lowest BCUT2D eigenvalue weighted by Crippen LogP contribution is -2.47. The molecule has 1 aliphatic carbocycles. The Hall–Kier alpha value is -0.610. The van der Waals surface area contributed by atoms with Crippen molar-refractivity contribution < 1.29 is 9.90 Å². The third-order valence-electron chi connectivity index (χ3n) is 3.40. The van der Waals surface area contributed by atoms with E-state index in [1.54, 1.807) is 0 Å². The Labute approximate surface area is 97.8 Å². The molecule has 0 aromatic heterocycles. The van der Waals surface area contributed by atoms with Crippen LogP contribution in [0.4, 0.5) is 0 Å². The highest BCUT2D eigenvalue weighted by Crippen LogP contribution is 2.23. The number of carbonyl (C=O) groups is 1. The zero-order chi connectivity index (χ0) is 12.0. The minimum atomic E-state index is -0.294. The van der Waals surface area contributed by atoms with E-state index in [9.17, 15) is 9.90 Å². The van der Waals surface area contributed by atoms with Crippen molar-refractivity contribution in [1.82, 2.24) is 10.9 Å². The Bertz CT molecular complexity index is 217. The standard InChI is InChI=1S/C12H24N2O2/c1-3-10(4-2)13-14-12(16)9-6-5-7-11(15)8-9/h9-11,13,15H,3-8H2,1-2H3,(H,14,16)/t9?,11-/m0/s1. The number of hydrazine groups is 1. The zero-order valence-corrected chi connectivity index (χ0v) is 10.3. The van der Waals surface area contributed by atoms with Crippen LogP contribution in [0.5, 0.6) is 0 Å². The van der Waals surface area contributed by atoms with Gasteiger partial charge in [0.15, 0.2) is 0 Å². The van der Waals surface area contributed by atoms with Crippen molar-refractivity contribution in [3.05, 3.63) is 0 Å². The Morgan fingerprint density at radius 3 is 2.62 bits per heavy atom. The third kappa shape index (κ3) is 4.10. The predicted octanol–water partition coefficient (Wildman–Crippen LogP) is 1.35. The lowest BCUT2D eigenvalue weighted by atomic mass is 9.87. The summed E-state index contributed by atoms with van der Waals surface area (Å²) in [6.45, 7) is 4.19. The molecule has 4 heteroatoms. The summed E-state index contributed by atoms with van der Waals surface area (Å²) in [7, 11) is 0. The molecule has 0 aromatic carbocycles. The van der Waals surface area contributed by atoms with Gasteiger partial charge in [-0.1, -0.05) is 20.3 Å². The van der Waals surface area contributed by atoms with E-state index in [-0.39, 0.29) is 17.9 Å². The van der Waals surface area contributed by atoms with Crippen molar-refractivity contribution in [2.75, 3.05) is 0 Å². The van der Waals surface area contributed by atoms with E-state index in [2.05, 4.69) is 24.7 Å². The van der Waals surface area contributed by atoms with E-state index in [4.69, 9.17) is 0 Å². The molecule has 1 amide bonds. The van der Waals surface area contributed by atoms with Crippen LogP contribution < -0.4 is 10.9 Å². The average molecular weight is 228 g/mol. The summed E-state index contributed by atoms with van der Waals surface area (Å²) in [5.74, 6) is 0.0104. The number of aliphatic hydroxyl groups excluding tert-OH is 1. The second kappa shape index (κ2) is 6.86. The van der Waals surface area contributed by atoms with Crippen molar-refractivity contribution >= 4 is 5.91 Å². The van der Waals surface area contributed by atoms with E-state index >= 15 is 0 Å². The van der Waals surface area contributed by atoms with Crippen LogP contribution in [-0.2, 0) is 4.79 Å². The fraction of sp³-hybridized carbons (Fsp3) is 0.917. The molecule has 1 fully saturated rings. The van der Waals surface area contributed by atoms with Gasteiger partial charge in [-0.3, -0.25) is 10.2 Å². The van der Waals surface area contributed by atoms with Crippen LogP contribution in [0.2, 0.25) is 0 Å². The summed E-state index contributed by atoms with van der Waals surface area (Å²) in [6, 6.07) is 0.345. The average Bonchev–Trinajstić information content (AvgIpc) is 2.30. The maximum absolute atomic E-state index is 11.8. The number of hydrogen-bond acceptors (Lipinski definition) is 3. The molecule has 3 N–H and O–H groups in total. The van der Waals surface area contributed by atoms with E-state index in [1.807, 2.05) is 0 Å². The topological polar surface area (TPSA) is 61.4 Å². The van der Waals surface area contributed by atoms with Gasteiger partial charge in [-0.2, -0.15) is 0 Å². The SMILES string of the molecule is CCC(CC)NNC(=O)C1CCC[C@H](O)C1. The fourth-order valence-electron chi connectivity index (χ4n) is 2.17. The molecular weight excluding hydrogens is 204 g/mol. The van der Waals surface area contributed by atoms with Crippen LogP contribution in [0.25, 0.3) is 0 Å². The van der Waals surface area contributed by atoms with Crippen molar-refractivity contribution in [2.45, 2.75) is 64.5 Å². The Balaban J connectivity index is 2.28. The highest BCUT2D eigenvalue weighted by atomic mass is 16.3. The number of carbonyl (C=O) groups excluding carboxylic acids is 1. The molecule has 94 valence electrons. The second-order valence-electron chi connectivity index (χ2n) is 4.66. The molecule has 0 heterocycles. The third-order valence-corrected chi connectivity index (χ3v) is 3.40. The molecule has 2 atom stereocenters. The van der Waals surface area contributed by atoms with Crippen LogP contribution in [0.15, 0.2) is 0 Å². The van der Waals surface area contributed by atoms with Gasteiger partial charge in [-0.15, -0.1) is 0 Å². The van der Waals surface area contributed by atoms with Crippen LogP contribution in [0.1, 0.15) is 52.4 Å².